The highest BCUT2D eigenvalue weighted by molar-refractivity contribution is 9.10. The Balaban J connectivity index is 2.02. The molecule has 0 aromatic heterocycles. The fourth-order valence-corrected chi connectivity index (χ4v) is 3.06. The summed E-state index contributed by atoms with van der Waals surface area (Å²) >= 11 is 3.41. The van der Waals surface area contributed by atoms with Gasteiger partial charge in [-0.3, -0.25) is 14.5 Å². The van der Waals surface area contributed by atoms with Gasteiger partial charge in [-0.25, -0.2) is 0 Å². The van der Waals surface area contributed by atoms with E-state index in [0.717, 1.165) is 10.2 Å². The molecule has 0 bridgehead atoms. The first kappa shape index (κ1) is 17.4. The quantitative estimate of drug-likeness (QED) is 0.755. The lowest BCUT2D eigenvalue weighted by molar-refractivity contribution is -0.137. The number of methoxy groups -OCH3 is 1. The molecular weight excluding hydrogens is 384 g/mol. The topological polar surface area (TPSA) is 58.6 Å². The van der Waals surface area contributed by atoms with Gasteiger partial charge in [-0.1, -0.05) is 52.3 Å². The first-order valence-corrected chi connectivity index (χ1v) is 8.58. The minimum atomic E-state index is -0.346. The molecule has 2 aromatic carbocycles. The van der Waals surface area contributed by atoms with Crippen LogP contribution in [-0.4, -0.2) is 37.0 Å². The van der Waals surface area contributed by atoms with E-state index >= 15 is 0 Å². The lowest BCUT2D eigenvalue weighted by atomic mass is 10.0. The minimum Gasteiger partial charge on any atom is -0.383 e. The van der Waals surface area contributed by atoms with Gasteiger partial charge in [0.1, 0.15) is 5.70 Å². The van der Waals surface area contributed by atoms with Crippen molar-refractivity contribution >= 4 is 39.0 Å². The van der Waals surface area contributed by atoms with Crippen LogP contribution in [0.1, 0.15) is 5.56 Å². The van der Waals surface area contributed by atoms with E-state index in [1.807, 2.05) is 54.6 Å². The third kappa shape index (κ3) is 3.65. The number of imide groups is 1. The highest BCUT2D eigenvalue weighted by Gasteiger charge is 2.38. The van der Waals surface area contributed by atoms with Crippen molar-refractivity contribution < 1.29 is 14.3 Å². The molecular formula is C19H17BrN2O3. The summed E-state index contributed by atoms with van der Waals surface area (Å²) in [6.07, 6.45) is 0. The maximum Gasteiger partial charge on any atom is 0.278 e. The summed E-state index contributed by atoms with van der Waals surface area (Å²) < 4.78 is 5.90. The maximum absolute atomic E-state index is 12.8. The Hall–Kier alpha value is -2.44. The Morgan fingerprint density at radius 2 is 1.80 bits per heavy atom. The van der Waals surface area contributed by atoms with Crippen LogP contribution in [0.4, 0.5) is 5.69 Å². The summed E-state index contributed by atoms with van der Waals surface area (Å²) in [5, 5.41) is 3.11. The van der Waals surface area contributed by atoms with Gasteiger partial charge in [0.25, 0.3) is 11.8 Å². The van der Waals surface area contributed by atoms with Crippen LogP contribution in [0.3, 0.4) is 0 Å². The van der Waals surface area contributed by atoms with Gasteiger partial charge >= 0.3 is 0 Å². The number of rotatable bonds is 6. The van der Waals surface area contributed by atoms with Crippen LogP contribution in [0.15, 0.2) is 64.8 Å². The van der Waals surface area contributed by atoms with Crippen molar-refractivity contribution in [1.29, 1.82) is 0 Å². The molecule has 0 atom stereocenters. The summed E-state index contributed by atoms with van der Waals surface area (Å²) in [6.45, 7) is 0.512. The summed E-state index contributed by atoms with van der Waals surface area (Å²) in [5.74, 6) is -0.661. The van der Waals surface area contributed by atoms with Gasteiger partial charge in [0.2, 0.25) is 0 Å². The van der Waals surface area contributed by atoms with Crippen LogP contribution >= 0.6 is 15.9 Å². The van der Waals surface area contributed by atoms with Crippen molar-refractivity contribution in [3.63, 3.8) is 0 Å². The standard InChI is InChI=1S/C19H17BrN2O3/c1-25-11-10-22-18(23)16(13-6-3-2-4-7-13)17(19(22)24)21-15-9-5-8-14(20)12-15/h2-9,12,21H,10-11H2,1H3. The van der Waals surface area contributed by atoms with E-state index in [9.17, 15) is 9.59 Å². The fourth-order valence-electron chi connectivity index (χ4n) is 2.66. The van der Waals surface area contributed by atoms with Crippen LogP contribution < -0.4 is 5.32 Å². The number of hydrogen-bond donors (Lipinski definition) is 1. The molecule has 1 heterocycles. The number of carbonyl (C=O) groups is 2. The largest absolute Gasteiger partial charge is 0.383 e. The van der Waals surface area contributed by atoms with E-state index in [0.29, 0.717) is 17.7 Å². The summed E-state index contributed by atoms with van der Waals surface area (Å²) in [7, 11) is 1.54. The summed E-state index contributed by atoms with van der Waals surface area (Å²) in [5.41, 5.74) is 2.10. The van der Waals surface area contributed by atoms with Crippen molar-refractivity contribution in [2.24, 2.45) is 0 Å². The molecule has 2 aromatic rings. The molecule has 1 aliphatic heterocycles. The van der Waals surface area contributed by atoms with Gasteiger partial charge in [-0.15, -0.1) is 0 Å². The molecule has 1 aliphatic rings. The van der Waals surface area contributed by atoms with E-state index in [1.54, 1.807) is 0 Å². The van der Waals surface area contributed by atoms with Crippen LogP contribution in [0.25, 0.3) is 5.57 Å². The molecule has 2 amide bonds. The summed E-state index contributed by atoms with van der Waals surface area (Å²) in [4.78, 5) is 26.9. The normalized spacial score (nSPS) is 14.4. The molecule has 128 valence electrons. The second-order valence-corrected chi connectivity index (χ2v) is 6.42. The molecule has 0 saturated carbocycles. The number of amides is 2. The molecule has 0 aliphatic carbocycles. The number of benzene rings is 2. The van der Waals surface area contributed by atoms with Crippen molar-refractivity contribution in [1.82, 2.24) is 4.90 Å². The smallest absolute Gasteiger partial charge is 0.278 e. The molecule has 0 fully saturated rings. The zero-order chi connectivity index (χ0) is 17.8. The fraction of sp³-hybridized carbons (Fsp3) is 0.158. The van der Waals surface area contributed by atoms with E-state index in [-0.39, 0.29) is 24.1 Å². The van der Waals surface area contributed by atoms with Gasteiger partial charge in [0, 0.05) is 17.3 Å². The van der Waals surface area contributed by atoms with Crippen molar-refractivity contribution in [2.45, 2.75) is 0 Å². The van der Waals surface area contributed by atoms with E-state index in [1.165, 1.54) is 12.0 Å². The van der Waals surface area contributed by atoms with Crippen LogP contribution in [0.2, 0.25) is 0 Å². The zero-order valence-electron chi connectivity index (χ0n) is 13.7. The SMILES string of the molecule is COCCN1C(=O)C(Nc2cccc(Br)c2)=C(c2ccccc2)C1=O. The van der Waals surface area contributed by atoms with Gasteiger partial charge in [-0.2, -0.15) is 0 Å². The molecule has 5 nitrogen and oxygen atoms in total. The van der Waals surface area contributed by atoms with Gasteiger partial charge in [-0.05, 0) is 23.8 Å². The predicted octanol–water partition coefficient (Wildman–Crippen LogP) is 3.29. The predicted molar refractivity (Wildman–Crippen MR) is 99.7 cm³/mol. The average Bonchev–Trinajstić information content (AvgIpc) is 2.84. The first-order valence-electron chi connectivity index (χ1n) is 7.79. The van der Waals surface area contributed by atoms with E-state index in [2.05, 4.69) is 21.2 Å². The summed E-state index contributed by atoms with van der Waals surface area (Å²) in [6, 6.07) is 16.6. The van der Waals surface area contributed by atoms with Gasteiger partial charge in [0.15, 0.2) is 0 Å². The Bertz CT molecular complexity index is 834. The molecule has 3 rings (SSSR count). The molecule has 0 saturated heterocycles. The Kier molecular flexibility index (Phi) is 5.31. The van der Waals surface area contributed by atoms with Crippen LogP contribution in [0, 0.1) is 0 Å². The van der Waals surface area contributed by atoms with Crippen molar-refractivity contribution in [2.75, 3.05) is 25.6 Å². The van der Waals surface area contributed by atoms with Crippen LogP contribution in [-0.2, 0) is 14.3 Å². The molecule has 1 N–H and O–H groups in total. The molecule has 0 radical (unpaired) electrons. The number of halogens is 1. The van der Waals surface area contributed by atoms with E-state index < -0.39 is 0 Å². The molecule has 6 heteroatoms. The van der Waals surface area contributed by atoms with Crippen molar-refractivity contribution in [3.05, 3.63) is 70.3 Å². The first-order chi connectivity index (χ1) is 12.1. The number of nitrogens with one attached hydrogen (secondary N) is 1. The second-order valence-electron chi connectivity index (χ2n) is 5.51. The highest BCUT2D eigenvalue weighted by Crippen LogP contribution is 2.30. The third-order valence-corrected chi connectivity index (χ3v) is 4.34. The Labute approximate surface area is 154 Å². The van der Waals surface area contributed by atoms with Crippen molar-refractivity contribution in [3.8, 4) is 0 Å². The molecule has 25 heavy (non-hydrogen) atoms. The van der Waals surface area contributed by atoms with E-state index in [4.69, 9.17) is 4.74 Å². The van der Waals surface area contributed by atoms with Crippen LogP contribution in [0.5, 0.6) is 0 Å². The average molecular weight is 401 g/mol. The lowest BCUT2D eigenvalue weighted by Gasteiger charge is -2.14. The Morgan fingerprint density at radius 3 is 2.48 bits per heavy atom. The molecule has 0 unspecified atom stereocenters. The van der Waals surface area contributed by atoms with Gasteiger partial charge in [0.05, 0.1) is 18.7 Å². The number of ether oxygens (including phenoxy) is 1. The lowest BCUT2D eigenvalue weighted by Crippen LogP contribution is -2.35. The number of nitrogens with zero attached hydrogens (tertiary/aromatic N) is 1. The van der Waals surface area contributed by atoms with Gasteiger partial charge < -0.3 is 10.1 Å². The monoisotopic (exact) mass is 400 g/mol. The minimum absolute atomic E-state index is 0.216. The maximum atomic E-state index is 12.8. The number of hydrogen-bond acceptors (Lipinski definition) is 4. The second kappa shape index (κ2) is 7.63. The number of anilines is 1. The Morgan fingerprint density at radius 1 is 1.04 bits per heavy atom. The molecule has 0 spiro atoms. The highest BCUT2D eigenvalue weighted by atomic mass is 79.9. The third-order valence-electron chi connectivity index (χ3n) is 3.84. The number of carbonyl (C=O) groups excluding carboxylic acids is 2. The zero-order valence-corrected chi connectivity index (χ0v) is 15.2.